The first kappa shape index (κ1) is 14.7. The Morgan fingerprint density at radius 1 is 1.36 bits per heavy atom. The second-order valence-corrected chi connectivity index (χ2v) is 6.08. The Hall–Kier alpha value is -2.22. The van der Waals surface area contributed by atoms with Crippen molar-refractivity contribution in [2.75, 3.05) is 18.1 Å². The van der Waals surface area contributed by atoms with Crippen LogP contribution in [-0.4, -0.2) is 33.8 Å². The lowest BCUT2D eigenvalue weighted by Gasteiger charge is -2.33. The van der Waals surface area contributed by atoms with Gasteiger partial charge in [0.2, 0.25) is 0 Å². The Morgan fingerprint density at radius 2 is 2.18 bits per heavy atom. The van der Waals surface area contributed by atoms with Crippen molar-refractivity contribution in [1.82, 2.24) is 4.90 Å². The Morgan fingerprint density at radius 3 is 2.82 bits per heavy atom. The second kappa shape index (κ2) is 5.88. The number of amides is 1. The molecule has 0 aliphatic carbocycles. The molecule has 2 aromatic rings. The third kappa shape index (κ3) is 2.74. The van der Waals surface area contributed by atoms with Crippen molar-refractivity contribution in [1.29, 1.82) is 0 Å². The van der Waals surface area contributed by atoms with E-state index in [0.717, 1.165) is 23.0 Å². The highest BCUT2D eigenvalue weighted by Gasteiger charge is 2.33. The van der Waals surface area contributed by atoms with Gasteiger partial charge in [-0.1, -0.05) is 0 Å². The molecular formula is C14H14N2O5S. The molecule has 0 spiro atoms. The Balaban J connectivity index is 1.86. The molecule has 2 aromatic heterocycles. The van der Waals surface area contributed by atoms with Gasteiger partial charge in [0.25, 0.3) is 5.91 Å². The number of hydrogen-bond acceptors (Lipinski definition) is 6. The maximum absolute atomic E-state index is 12.6. The first-order chi connectivity index (χ1) is 10.6. The van der Waals surface area contributed by atoms with Crippen molar-refractivity contribution in [2.45, 2.75) is 13.0 Å². The van der Waals surface area contributed by atoms with Crippen molar-refractivity contribution in [2.24, 2.45) is 0 Å². The van der Waals surface area contributed by atoms with Gasteiger partial charge in [-0.2, -0.15) is 11.8 Å². The summed E-state index contributed by atoms with van der Waals surface area (Å²) in [5.41, 5.74) is 0. The molecule has 0 bridgehead atoms. The van der Waals surface area contributed by atoms with Crippen molar-refractivity contribution in [3.8, 4) is 0 Å². The number of thioether (sulfide) groups is 1. The number of aryl methyl sites for hydroxylation is 1. The van der Waals surface area contributed by atoms with E-state index in [1.807, 2.05) is 19.1 Å². The lowest BCUT2D eigenvalue weighted by atomic mass is 10.2. The number of nitrogens with zero attached hydrogens (tertiary/aromatic N) is 2. The van der Waals surface area contributed by atoms with Crippen LogP contribution in [0.1, 0.15) is 28.1 Å². The highest BCUT2D eigenvalue weighted by molar-refractivity contribution is 7.99. The maximum Gasteiger partial charge on any atom is 0.433 e. The van der Waals surface area contributed by atoms with Crippen LogP contribution in [0.4, 0.5) is 5.88 Å². The summed E-state index contributed by atoms with van der Waals surface area (Å²) in [4.78, 5) is 24.2. The van der Waals surface area contributed by atoms with Crippen LogP contribution in [0, 0.1) is 17.0 Å². The smallest absolute Gasteiger partial charge is 0.433 e. The number of carbonyl (C=O) groups is 1. The molecule has 0 aromatic carbocycles. The molecule has 8 heteroatoms. The molecule has 3 heterocycles. The van der Waals surface area contributed by atoms with Crippen LogP contribution in [0.2, 0.25) is 0 Å². The summed E-state index contributed by atoms with van der Waals surface area (Å²) in [5, 5.41) is 10.7. The Bertz CT molecular complexity index is 708. The zero-order valence-corrected chi connectivity index (χ0v) is 12.7. The van der Waals surface area contributed by atoms with Crippen LogP contribution >= 0.6 is 11.8 Å². The van der Waals surface area contributed by atoms with Gasteiger partial charge in [0.05, 0.1) is 12.1 Å². The first-order valence-electron chi connectivity index (χ1n) is 6.75. The van der Waals surface area contributed by atoms with Crippen molar-refractivity contribution >= 4 is 23.6 Å². The monoisotopic (exact) mass is 322 g/mol. The van der Waals surface area contributed by atoms with Gasteiger partial charge in [0.15, 0.2) is 5.76 Å². The quantitative estimate of drug-likeness (QED) is 0.637. The molecular weight excluding hydrogens is 308 g/mol. The molecule has 1 aliphatic heterocycles. The standard InChI is InChI=1S/C14H14N2O5S/c1-9-2-3-11(20-9)10-8-22-7-6-15(10)14(17)12-4-5-13(21-12)16(18)19/h2-5,10H,6-8H2,1H3. The van der Waals surface area contributed by atoms with Crippen LogP contribution in [0.15, 0.2) is 33.1 Å². The first-order valence-corrected chi connectivity index (χ1v) is 7.91. The minimum absolute atomic E-state index is 0.0214. The van der Waals surface area contributed by atoms with Crippen LogP contribution in [0.25, 0.3) is 0 Å². The predicted molar refractivity (Wildman–Crippen MR) is 79.9 cm³/mol. The SMILES string of the molecule is Cc1ccc(C2CSCCN2C(=O)c2ccc([N+](=O)[O-])o2)o1. The fourth-order valence-corrected chi connectivity index (χ4v) is 3.46. The highest BCUT2D eigenvalue weighted by atomic mass is 32.2. The molecule has 1 fully saturated rings. The van der Waals surface area contributed by atoms with Gasteiger partial charge in [0.1, 0.15) is 16.4 Å². The van der Waals surface area contributed by atoms with Gasteiger partial charge in [0, 0.05) is 18.1 Å². The second-order valence-electron chi connectivity index (χ2n) is 4.93. The maximum atomic E-state index is 12.6. The summed E-state index contributed by atoms with van der Waals surface area (Å²) >= 11 is 1.74. The third-order valence-electron chi connectivity index (χ3n) is 3.46. The van der Waals surface area contributed by atoms with Gasteiger partial charge in [-0.25, -0.2) is 0 Å². The largest absolute Gasteiger partial charge is 0.464 e. The van der Waals surface area contributed by atoms with E-state index in [2.05, 4.69) is 0 Å². The molecule has 1 unspecified atom stereocenters. The average Bonchev–Trinajstić information content (AvgIpc) is 3.15. The molecule has 116 valence electrons. The Kier molecular flexibility index (Phi) is 3.93. The predicted octanol–water partition coefficient (Wildman–Crippen LogP) is 3.02. The fourth-order valence-electron chi connectivity index (χ4n) is 2.40. The van der Waals surface area contributed by atoms with Gasteiger partial charge >= 0.3 is 5.88 Å². The fraction of sp³-hybridized carbons (Fsp3) is 0.357. The van der Waals surface area contributed by atoms with E-state index in [-0.39, 0.29) is 17.7 Å². The summed E-state index contributed by atoms with van der Waals surface area (Å²) in [7, 11) is 0. The summed E-state index contributed by atoms with van der Waals surface area (Å²) in [6, 6.07) is 6.06. The van der Waals surface area contributed by atoms with Gasteiger partial charge in [-0.15, -0.1) is 0 Å². The highest BCUT2D eigenvalue weighted by Crippen LogP contribution is 2.32. The van der Waals surface area contributed by atoms with Crippen LogP contribution in [0.3, 0.4) is 0 Å². The van der Waals surface area contributed by atoms with Gasteiger partial charge < -0.3 is 13.7 Å². The van der Waals surface area contributed by atoms with Crippen LogP contribution in [-0.2, 0) is 0 Å². The van der Waals surface area contributed by atoms with E-state index < -0.39 is 10.8 Å². The van der Waals surface area contributed by atoms with Gasteiger partial charge in [-0.3, -0.25) is 14.9 Å². The number of nitro groups is 1. The molecule has 1 saturated heterocycles. The third-order valence-corrected chi connectivity index (χ3v) is 4.48. The topological polar surface area (TPSA) is 89.7 Å². The molecule has 22 heavy (non-hydrogen) atoms. The minimum atomic E-state index is -0.657. The molecule has 7 nitrogen and oxygen atoms in total. The Labute approximate surface area is 130 Å². The molecule has 0 radical (unpaired) electrons. The van der Waals surface area contributed by atoms with Crippen LogP contribution in [0.5, 0.6) is 0 Å². The summed E-state index contributed by atoms with van der Waals surface area (Å²) < 4.78 is 10.7. The molecule has 1 aliphatic rings. The van der Waals surface area contributed by atoms with E-state index in [0.29, 0.717) is 6.54 Å². The number of carbonyl (C=O) groups excluding carboxylic acids is 1. The lowest BCUT2D eigenvalue weighted by Crippen LogP contribution is -2.40. The molecule has 1 atom stereocenters. The van der Waals surface area contributed by atoms with E-state index in [1.165, 1.54) is 12.1 Å². The average molecular weight is 322 g/mol. The lowest BCUT2D eigenvalue weighted by molar-refractivity contribution is -0.402. The normalized spacial score (nSPS) is 18.4. The number of furan rings is 2. The van der Waals surface area contributed by atoms with Crippen molar-refractivity contribution < 1.29 is 18.6 Å². The zero-order chi connectivity index (χ0) is 15.7. The van der Waals surface area contributed by atoms with E-state index in [9.17, 15) is 14.9 Å². The van der Waals surface area contributed by atoms with Crippen molar-refractivity contribution in [3.63, 3.8) is 0 Å². The number of hydrogen-bond donors (Lipinski definition) is 0. The minimum Gasteiger partial charge on any atom is -0.464 e. The van der Waals surface area contributed by atoms with E-state index in [1.54, 1.807) is 16.7 Å². The van der Waals surface area contributed by atoms with E-state index in [4.69, 9.17) is 8.83 Å². The molecule has 3 rings (SSSR count). The van der Waals surface area contributed by atoms with Crippen LogP contribution < -0.4 is 0 Å². The number of rotatable bonds is 3. The molecule has 0 N–H and O–H groups in total. The zero-order valence-electron chi connectivity index (χ0n) is 11.9. The molecule has 1 amide bonds. The summed E-state index contributed by atoms with van der Waals surface area (Å²) in [6.45, 7) is 2.39. The summed E-state index contributed by atoms with van der Waals surface area (Å²) in [5.74, 6) is 2.23. The van der Waals surface area contributed by atoms with Crippen molar-refractivity contribution in [3.05, 3.63) is 51.7 Å². The van der Waals surface area contributed by atoms with E-state index >= 15 is 0 Å². The van der Waals surface area contributed by atoms with Gasteiger partial charge in [-0.05, 0) is 25.1 Å². The molecule has 0 saturated carbocycles. The summed E-state index contributed by atoms with van der Waals surface area (Å²) in [6.07, 6.45) is 0.